The highest BCUT2D eigenvalue weighted by atomic mass is 19.1. The smallest absolute Gasteiger partial charge is 0.254 e. The van der Waals surface area contributed by atoms with E-state index in [-0.39, 0.29) is 11.7 Å². The summed E-state index contributed by atoms with van der Waals surface area (Å²) < 4.78 is 19.1. The maximum atomic E-state index is 14.0. The Morgan fingerprint density at radius 1 is 1.21 bits per heavy atom. The molecule has 5 nitrogen and oxygen atoms in total. The number of nitrogens with zero attached hydrogens (tertiary/aromatic N) is 3. The third-order valence-corrected chi connectivity index (χ3v) is 3.97. The summed E-state index contributed by atoms with van der Waals surface area (Å²) in [6, 6.07) is 13.0. The summed E-state index contributed by atoms with van der Waals surface area (Å²) >= 11 is 0. The van der Waals surface area contributed by atoms with Gasteiger partial charge in [-0.15, -0.1) is 10.2 Å². The van der Waals surface area contributed by atoms with E-state index in [1.165, 1.54) is 17.4 Å². The van der Waals surface area contributed by atoms with Gasteiger partial charge < -0.3 is 9.32 Å². The molecule has 0 radical (unpaired) electrons. The fourth-order valence-electron chi connectivity index (χ4n) is 2.49. The molecule has 1 aromatic heterocycles. The summed E-state index contributed by atoms with van der Waals surface area (Å²) in [4.78, 5) is 14.2. The molecule has 3 rings (SSSR count). The van der Waals surface area contributed by atoms with E-state index in [0.29, 0.717) is 22.6 Å². The molecule has 0 N–H and O–H groups in total. The largest absolute Gasteiger partial charge is 0.423 e. The minimum Gasteiger partial charge on any atom is -0.423 e. The van der Waals surface area contributed by atoms with Crippen LogP contribution in [0, 0.1) is 5.82 Å². The first-order valence-corrected chi connectivity index (χ1v) is 7.46. The van der Waals surface area contributed by atoms with Crippen LogP contribution >= 0.6 is 0 Å². The molecular weight excluding hydrogens is 309 g/mol. The van der Waals surface area contributed by atoms with E-state index in [1.54, 1.807) is 56.4 Å². The Balaban J connectivity index is 1.86. The molecule has 3 aromatic rings. The van der Waals surface area contributed by atoms with Crippen molar-refractivity contribution in [3.8, 4) is 11.5 Å². The van der Waals surface area contributed by atoms with E-state index >= 15 is 0 Å². The summed E-state index contributed by atoms with van der Waals surface area (Å²) in [5.74, 6) is -0.203. The van der Waals surface area contributed by atoms with Crippen molar-refractivity contribution < 1.29 is 13.6 Å². The number of carbonyl (C=O) groups is 1. The number of aromatic nitrogens is 2. The number of amides is 1. The predicted octanol–water partition coefficient (Wildman–Crippen LogP) is 3.71. The maximum absolute atomic E-state index is 14.0. The third kappa shape index (κ3) is 3.03. The lowest BCUT2D eigenvalue weighted by atomic mass is 10.0. The number of hydrogen-bond donors (Lipinski definition) is 0. The molecule has 0 fully saturated rings. The molecule has 0 saturated carbocycles. The Morgan fingerprint density at radius 2 is 2.00 bits per heavy atom. The zero-order valence-electron chi connectivity index (χ0n) is 13.3. The minimum atomic E-state index is -0.397. The molecule has 0 bridgehead atoms. The summed E-state index contributed by atoms with van der Waals surface area (Å²) in [6.07, 6.45) is 1.23. The lowest BCUT2D eigenvalue weighted by Crippen LogP contribution is -2.30. The Kier molecular flexibility index (Phi) is 4.37. The molecule has 0 aliphatic rings. The molecule has 0 unspecified atom stereocenters. The van der Waals surface area contributed by atoms with Gasteiger partial charge in [-0.25, -0.2) is 4.39 Å². The van der Waals surface area contributed by atoms with E-state index in [9.17, 15) is 9.18 Å². The lowest BCUT2D eigenvalue weighted by molar-refractivity contribution is 0.0740. The van der Waals surface area contributed by atoms with E-state index in [0.717, 1.165) is 0 Å². The van der Waals surface area contributed by atoms with E-state index in [1.807, 2.05) is 0 Å². The number of carbonyl (C=O) groups excluding carboxylic acids is 1. The molecule has 0 aliphatic heterocycles. The van der Waals surface area contributed by atoms with E-state index < -0.39 is 6.04 Å². The first kappa shape index (κ1) is 15.9. The van der Waals surface area contributed by atoms with Gasteiger partial charge in [0, 0.05) is 23.7 Å². The Morgan fingerprint density at radius 3 is 2.71 bits per heavy atom. The van der Waals surface area contributed by atoms with Crippen molar-refractivity contribution in [3.05, 3.63) is 71.9 Å². The molecule has 24 heavy (non-hydrogen) atoms. The van der Waals surface area contributed by atoms with Gasteiger partial charge in [-0.3, -0.25) is 4.79 Å². The second-order valence-corrected chi connectivity index (χ2v) is 5.44. The van der Waals surface area contributed by atoms with Gasteiger partial charge in [0.15, 0.2) is 0 Å². The van der Waals surface area contributed by atoms with Crippen molar-refractivity contribution in [1.29, 1.82) is 0 Å². The van der Waals surface area contributed by atoms with Crippen molar-refractivity contribution in [2.75, 3.05) is 7.05 Å². The topological polar surface area (TPSA) is 59.2 Å². The van der Waals surface area contributed by atoms with Crippen LogP contribution in [0.1, 0.15) is 28.9 Å². The predicted molar refractivity (Wildman–Crippen MR) is 86.6 cm³/mol. The summed E-state index contributed by atoms with van der Waals surface area (Å²) in [6.45, 7) is 1.79. The van der Waals surface area contributed by atoms with Crippen LogP contribution in [0.5, 0.6) is 0 Å². The molecule has 1 atom stereocenters. The van der Waals surface area contributed by atoms with Crippen molar-refractivity contribution in [2.24, 2.45) is 0 Å². The van der Waals surface area contributed by atoms with Crippen LogP contribution in [0.25, 0.3) is 11.5 Å². The van der Waals surface area contributed by atoms with Crippen LogP contribution in [0.15, 0.2) is 59.3 Å². The molecule has 2 aromatic carbocycles. The number of halogens is 1. The molecule has 6 heteroatoms. The first-order valence-electron chi connectivity index (χ1n) is 7.46. The second-order valence-electron chi connectivity index (χ2n) is 5.44. The van der Waals surface area contributed by atoms with Crippen molar-refractivity contribution in [1.82, 2.24) is 15.1 Å². The van der Waals surface area contributed by atoms with Crippen molar-refractivity contribution in [3.63, 3.8) is 0 Å². The normalized spacial score (nSPS) is 12.0. The molecule has 0 aliphatic carbocycles. The standard InChI is InChI=1S/C18H16FN3O2/c1-12(15-8-3-4-9-16(15)19)22(2)18(23)14-7-5-6-13(10-14)17-21-20-11-24-17/h3-12H,1-2H3/t12-/m0/s1. The highest BCUT2D eigenvalue weighted by Gasteiger charge is 2.21. The summed E-state index contributed by atoms with van der Waals surface area (Å²) in [7, 11) is 1.65. The van der Waals surface area contributed by atoms with Crippen molar-refractivity contribution in [2.45, 2.75) is 13.0 Å². The van der Waals surface area contributed by atoms with E-state index in [2.05, 4.69) is 10.2 Å². The van der Waals surface area contributed by atoms with Gasteiger partial charge in [0.1, 0.15) is 5.82 Å². The molecule has 0 saturated heterocycles. The third-order valence-electron chi connectivity index (χ3n) is 3.97. The molecule has 0 spiro atoms. The van der Waals surface area contributed by atoms with Gasteiger partial charge in [0.25, 0.3) is 5.91 Å². The Bertz CT molecular complexity index is 849. The lowest BCUT2D eigenvalue weighted by Gasteiger charge is -2.26. The first-order chi connectivity index (χ1) is 11.6. The quantitative estimate of drug-likeness (QED) is 0.734. The fourth-order valence-corrected chi connectivity index (χ4v) is 2.49. The SMILES string of the molecule is C[C@@H](c1ccccc1F)N(C)C(=O)c1cccc(-c2nnco2)c1. The molecule has 1 heterocycles. The van der Waals surface area contributed by atoms with Gasteiger partial charge in [0.05, 0.1) is 6.04 Å². The number of benzene rings is 2. The highest BCUT2D eigenvalue weighted by Crippen LogP contribution is 2.24. The molecular formula is C18H16FN3O2. The van der Waals surface area contributed by atoms with Gasteiger partial charge in [-0.2, -0.15) is 0 Å². The molecule has 122 valence electrons. The van der Waals surface area contributed by atoms with Crippen LogP contribution in [0.3, 0.4) is 0 Å². The number of hydrogen-bond acceptors (Lipinski definition) is 4. The van der Waals surface area contributed by atoms with Crippen LogP contribution in [0.4, 0.5) is 4.39 Å². The van der Waals surface area contributed by atoms with Crippen molar-refractivity contribution >= 4 is 5.91 Å². The summed E-state index contributed by atoms with van der Waals surface area (Å²) in [5.41, 5.74) is 1.60. The van der Waals surface area contributed by atoms with Crippen LogP contribution in [-0.2, 0) is 0 Å². The average Bonchev–Trinajstić information content (AvgIpc) is 3.15. The van der Waals surface area contributed by atoms with Crippen LogP contribution in [0.2, 0.25) is 0 Å². The summed E-state index contributed by atoms with van der Waals surface area (Å²) in [5, 5.41) is 7.47. The zero-order valence-corrected chi connectivity index (χ0v) is 13.3. The average molecular weight is 325 g/mol. The van der Waals surface area contributed by atoms with E-state index in [4.69, 9.17) is 4.42 Å². The molecule has 1 amide bonds. The maximum Gasteiger partial charge on any atom is 0.254 e. The van der Waals surface area contributed by atoms with Crippen LogP contribution < -0.4 is 0 Å². The fraction of sp³-hybridized carbons (Fsp3) is 0.167. The van der Waals surface area contributed by atoms with Gasteiger partial charge in [-0.1, -0.05) is 24.3 Å². The minimum absolute atomic E-state index is 0.216. The monoisotopic (exact) mass is 325 g/mol. The zero-order chi connectivity index (χ0) is 17.1. The van der Waals surface area contributed by atoms with Gasteiger partial charge >= 0.3 is 0 Å². The Labute approximate surface area is 138 Å². The second kappa shape index (κ2) is 6.62. The number of rotatable bonds is 4. The van der Waals surface area contributed by atoms with Gasteiger partial charge in [0.2, 0.25) is 12.3 Å². The van der Waals surface area contributed by atoms with Gasteiger partial charge in [-0.05, 0) is 31.2 Å². The Hall–Kier alpha value is -3.02. The highest BCUT2D eigenvalue weighted by molar-refractivity contribution is 5.95. The van der Waals surface area contributed by atoms with Crippen LogP contribution in [-0.4, -0.2) is 28.1 Å².